The second-order valence-electron chi connectivity index (χ2n) is 5.90. The first kappa shape index (κ1) is 16.2. The number of nitrogens with zero attached hydrogens (tertiary/aromatic N) is 3. The topological polar surface area (TPSA) is 60.8 Å². The Balaban J connectivity index is 1.87. The molecule has 0 atom stereocenters. The molecule has 0 unspecified atom stereocenters. The first-order chi connectivity index (χ1) is 10.0. The highest BCUT2D eigenvalue weighted by Crippen LogP contribution is 2.27. The maximum Gasteiger partial charge on any atom is 0.193 e. The Hall–Kier alpha value is -1.14. The van der Waals surface area contributed by atoms with Gasteiger partial charge in [0.05, 0.1) is 22.8 Å². The Morgan fingerprint density at radius 1 is 1.48 bits per heavy atom. The van der Waals surface area contributed by atoms with Gasteiger partial charge < -0.3 is 15.3 Å². The fraction of sp³-hybridized carbons (Fsp3) is 0.733. The molecule has 0 amide bonds. The van der Waals surface area contributed by atoms with Crippen LogP contribution >= 0.6 is 11.3 Å². The Bertz CT molecular complexity index is 480. The highest BCUT2D eigenvalue weighted by Gasteiger charge is 2.29. The lowest BCUT2D eigenvalue weighted by atomic mass is 9.85. The normalized spacial score (nSPS) is 18.6. The first-order valence-electron chi connectivity index (χ1n) is 7.57. The Morgan fingerprint density at radius 3 is 2.76 bits per heavy atom. The number of guanidine groups is 1. The van der Waals surface area contributed by atoms with Crippen LogP contribution in [0.2, 0.25) is 0 Å². The van der Waals surface area contributed by atoms with E-state index in [4.69, 9.17) is 0 Å². The Morgan fingerprint density at radius 2 is 2.19 bits per heavy atom. The van der Waals surface area contributed by atoms with E-state index in [2.05, 4.69) is 20.7 Å². The van der Waals surface area contributed by atoms with E-state index in [-0.39, 0.29) is 0 Å². The SMILES string of the molecule is CN=C(NCC1(O)CCCCC1)N(C)Cc1csc(C)n1. The molecule has 0 spiro atoms. The van der Waals surface area contributed by atoms with Crippen molar-refractivity contribution in [3.05, 3.63) is 16.1 Å². The van der Waals surface area contributed by atoms with Crippen molar-refractivity contribution in [1.82, 2.24) is 15.2 Å². The zero-order valence-electron chi connectivity index (χ0n) is 13.2. The number of aliphatic hydroxyl groups is 1. The second kappa shape index (κ2) is 7.22. The average molecular weight is 310 g/mol. The summed E-state index contributed by atoms with van der Waals surface area (Å²) in [6.07, 6.45) is 5.23. The van der Waals surface area contributed by atoms with Gasteiger partial charge in [-0.1, -0.05) is 19.3 Å². The summed E-state index contributed by atoms with van der Waals surface area (Å²) >= 11 is 1.66. The number of rotatable bonds is 4. The molecule has 0 saturated heterocycles. The summed E-state index contributed by atoms with van der Waals surface area (Å²) in [6.45, 7) is 3.31. The fourth-order valence-corrected chi connectivity index (χ4v) is 3.42. The highest BCUT2D eigenvalue weighted by molar-refractivity contribution is 7.09. The predicted molar refractivity (Wildman–Crippen MR) is 87.7 cm³/mol. The third kappa shape index (κ3) is 4.68. The van der Waals surface area contributed by atoms with Crippen LogP contribution in [0.4, 0.5) is 0 Å². The van der Waals surface area contributed by atoms with E-state index in [0.717, 1.165) is 48.9 Å². The minimum atomic E-state index is -0.577. The molecule has 1 aromatic heterocycles. The molecule has 6 heteroatoms. The number of thiazole rings is 1. The second-order valence-corrected chi connectivity index (χ2v) is 6.96. The van der Waals surface area contributed by atoms with E-state index in [1.165, 1.54) is 6.42 Å². The van der Waals surface area contributed by atoms with E-state index in [0.29, 0.717) is 6.54 Å². The Kier molecular flexibility index (Phi) is 5.58. The molecule has 2 rings (SSSR count). The van der Waals surface area contributed by atoms with Crippen LogP contribution in [0.3, 0.4) is 0 Å². The summed E-state index contributed by atoms with van der Waals surface area (Å²) in [5.74, 6) is 0.805. The van der Waals surface area contributed by atoms with Gasteiger partial charge in [0.15, 0.2) is 5.96 Å². The summed E-state index contributed by atoms with van der Waals surface area (Å²) < 4.78 is 0. The molecule has 21 heavy (non-hydrogen) atoms. The predicted octanol–water partition coefficient (Wildman–Crippen LogP) is 2.15. The van der Waals surface area contributed by atoms with Crippen LogP contribution in [0.25, 0.3) is 0 Å². The quantitative estimate of drug-likeness (QED) is 0.661. The molecule has 1 heterocycles. The van der Waals surface area contributed by atoms with Crippen molar-refractivity contribution in [2.24, 2.45) is 4.99 Å². The summed E-state index contributed by atoms with van der Waals surface area (Å²) in [7, 11) is 3.77. The molecule has 2 N–H and O–H groups in total. The molecule has 1 aliphatic carbocycles. The molecule has 1 fully saturated rings. The van der Waals surface area contributed by atoms with Crippen molar-refractivity contribution in [3.63, 3.8) is 0 Å². The van der Waals surface area contributed by atoms with Crippen molar-refractivity contribution < 1.29 is 5.11 Å². The molecular formula is C15H26N4OS. The van der Waals surface area contributed by atoms with Crippen LogP contribution in [0.5, 0.6) is 0 Å². The van der Waals surface area contributed by atoms with Gasteiger partial charge in [0.2, 0.25) is 0 Å². The zero-order chi connectivity index (χ0) is 15.3. The molecule has 1 aromatic rings. The van der Waals surface area contributed by atoms with Crippen molar-refractivity contribution >= 4 is 17.3 Å². The highest BCUT2D eigenvalue weighted by atomic mass is 32.1. The van der Waals surface area contributed by atoms with Crippen LogP contribution in [-0.2, 0) is 6.54 Å². The molecule has 1 aliphatic rings. The minimum absolute atomic E-state index is 0.570. The minimum Gasteiger partial charge on any atom is -0.388 e. The molecule has 0 aliphatic heterocycles. The van der Waals surface area contributed by atoms with Gasteiger partial charge in [-0.25, -0.2) is 4.98 Å². The molecule has 0 aromatic carbocycles. The van der Waals surface area contributed by atoms with Gasteiger partial charge in [-0.05, 0) is 19.8 Å². The first-order valence-corrected chi connectivity index (χ1v) is 8.45. The average Bonchev–Trinajstić information content (AvgIpc) is 2.85. The number of aryl methyl sites for hydroxylation is 1. The molecular weight excluding hydrogens is 284 g/mol. The van der Waals surface area contributed by atoms with Gasteiger partial charge in [0, 0.05) is 26.0 Å². The number of nitrogens with one attached hydrogen (secondary N) is 1. The summed E-state index contributed by atoms with van der Waals surface area (Å²) in [5.41, 5.74) is 0.478. The zero-order valence-corrected chi connectivity index (χ0v) is 14.0. The lowest BCUT2D eigenvalue weighted by Crippen LogP contribution is -2.48. The van der Waals surface area contributed by atoms with E-state index >= 15 is 0 Å². The largest absolute Gasteiger partial charge is 0.388 e. The third-order valence-electron chi connectivity index (χ3n) is 4.00. The van der Waals surface area contributed by atoms with Crippen LogP contribution < -0.4 is 5.32 Å². The summed E-state index contributed by atoms with van der Waals surface area (Å²) in [5, 5.41) is 17.0. The van der Waals surface area contributed by atoms with Crippen LogP contribution in [-0.4, -0.2) is 47.2 Å². The van der Waals surface area contributed by atoms with Crippen molar-refractivity contribution in [2.75, 3.05) is 20.6 Å². The van der Waals surface area contributed by atoms with Crippen molar-refractivity contribution in [1.29, 1.82) is 0 Å². The number of aromatic nitrogens is 1. The lowest BCUT2D eigenvalue weighted by Gasteiger charge is -2.33. The summed E-state index contributed by atoms with van der Waals surface area (Å²) in [6, 6.07) is 0. The van der Waals surface area contributed by atoms with E-state index in [9.17, 15) is 5.11 Å². The summed E-state index contributed by atoms with van der Waals surface area (Å²) in [4.78, 5) is 10.8. The van der Waals surface area contributed by atoms with E-state index in [1.54, 1.807) is 18.4 Å². The smallest absolute Gasteiger partial charge is 0.193 e. The van der Waals surface area contributed by atoms with Crippen molar-refractivity contribution in [3.8, 4) is 0 Å². The van der Waals surface area contributed by atoms with Gasteiger partial charge in [0.1, 0.15) is 0 Å². The van der Waals surface area contributed by atoms with E-state index in [1.807, 2.05) is 18.9 Å². The molecule has 0 radical (unpaired) electrons. The van der Waals surface area contributed by atoms with Crippen molar-refractivity contribution in [2.45, 2.75) is 51.2 Å². The lowest BCUT2D eigenvalue weighted by molar-refractivity contribution is 0.00819. The maximum absolute atomic E-state index is 10.5. The molecule has 1 saturated carbocycles. The number of hydrogen-bond donors (Lipinski definition) is 2. The number of hydrogen-bond acceptors (Lipinski definition) is 4. The third-order valence-corrected chi connectivity index (χ3v) is 4.82. The molecule has 118 valence electrons. The fourth-order valence-electron chi connectivity index (χ4n) is 2.81. The van der Waals surface area contributed by atoms with Gasteiger partial charge in [0.25, 0.3) is 0 Å². The molecule has 5 nitrogen and oxygen atoms in total. The van der Waals surface area contributed by atoms with Gasteiger partial charge in [-0.15, -0.1) is 11.3 Å². The van der Waals surface area contributed by atoms with E-state index < -0.39 is 5.60 Å². The molecule has 0 bridgehead atoms. The Labute approximate surface area is 131 Å². The number of aliphatic imine (C=N–C) groups is 1. The standard InChI is InChI=1S/C15H26N4OS/c1-12-18-13(10-21-12)9-19(3)14(16-2)17-11-15(20)7-5-4-6-8-15/h10,20H,4-9,11H2,1-3H3,(H,16,17). The van der Waals surface area contributed by atoms with Gasteiger partial charge in [-0.3, -0.25) is 4.99 Å². The van der Waals surface area contributed by atoms with Gasteiger partial charge in [-0.2, -0.15) is 0 Å². The monoisotopic (exact) mass is 310 g/mol. The van der Waals surface area contributed by atoms with Gasteiger partial charge >= 0.3 is 0 Å². The maximum atomic E-state index is 10.5. The van der Waals surface area contributed by atoms with Crippen LogP contribution in [0.15, 0.2) is 10.4 Å². The van der Waals surface area contributed by atoms with Crippen LogP contribution in [0.1, 0.15) is 42.8 Å². The van der Waals surface area contributed by atoms with Crippen LogP contribution in [0, 0.1) is 6.92 Å².